The SMILES string of the molecule is CNc1ccc([N+](=O)[O-])cc1C(=O)NCCOCC(N)=O. The van der Waals surface area contributed by atoms with Crippen molar-refractivity contribution >= 4 is 23.2 Å². The Morgan fingerprint density at radius 2 is 2.14 bits per heavy atom. The molecule has 2 amide bonds. The monoisotopic (exact) mass is 296 g/mol. The Labute approximate surface area is 120 Å². The number of carbonyl (C=O) groups is 2. The molecule has 0 bridgehead atoms. The van der Waals surface area contributed by atoms with Crippen molar-refractivity contribution in [2.75, 3.05) is 32.1 Å². The van der Waals surface area contributed by atoms with E-state index in [0.717, 1.165) is 0 Å². The summed E-state index contributed by atoms with van der Waals surface area (Å²) in [4.78, 5) is 32.6. The second-order valence-corrected chi connectivity index (χ2v) is 4.01. The smallest absolute Gasteiger partial charge is 0.270 e. The van der Waals surface area contributed by atoms with Crippen molar-refractivity contribution in [3.05, 3.63) is 33.9 Å². The Bertz CT molecular complexity index is 546. The van der Waals surface area contributed by atoms with Gasteiger partial charge in [-0.1, -0.05) is 0 Å². The summed E-state index contributed by atoms with van der Waals surface area (Å²) in [6.45, 7) is 0.0326. The fourth-order valence-corrected chi connectivity index (χ4v) is 1.56. The number of primary amides is 1. The molecule has 0 aliphatic heterocycles. The van der Waals surface area contributed by atoms with E-state index in [1.807, 2.05) is 0 Å². The summed E-state index contributed by atoms with van der Waals surface area (Å²) in [5, 5.41) is 16.0. The Morgan fingerprint density at radius 1 is 1.43 bits per heavy atom. The van der Waals surface area contributed by atoms with Crippen molar-refractivity contribution in [1.82, 2.24) is 5.32 Å². The fourth-order valence-electron chi connectivity index (χ4n) is 1.56. The minimum atomic E-state index is -0.600. The number of nitrogens with two attached hydrogens (primary N) is 1. The van der Waals surface area contributed by atoms with Crippen molar-refractivity contribution in [3.63, 3.8) is 0 Å². The quantitative estimate of drug-likeness (QED) is 0.347. The molecule has 0 atom stereocenters. The molecule has 0 spiro atoms. The van der Waals surface area contributed by atoms with Crippen LogP contribution in [0.1, 0.15) is 10.4 Å². The topological polar surface area (TPSA) is 137 Å². The Kier molecular flexibility index (Phi) is 6.08. The van der Waals surface area contributed by atoms with E-state index in [4.69, 9.17) is 10.5 Å². The zero-order valence-corrected chi connectivity index (χ0v) is 11.4. The van der Waals surface area contributed by atoms with E-state index in [2.05, 4.69) is 10.6 Å². The third kappa shape index (κ3) is 5.07. The standard InChI is InChI=1S/C12H16N4O5/c1-14-10-3-2-8(16(19)20)6-9(10)12(18)15-4-5-21-7-11(13)17/h2-3,6,14H,4-5,7H2,1H3,(H2,13,17)(H,15,18). The van der Waals surface area contributed by atoms with Gasteiger partial charge in [0.05, 0.1) is 17.1 Å². The first-order valence-electron chi connectivity index (χ1n) is 6.06. The van der Waals surface area contributed by atoms with E-state index in [1.165, 1.54) is 18.2 Å². The highest BCUT2D eigenvalue weighted by Crippen LogP contribution is 2.21. The summed E-state index contributed by atoms with van der Waals surface area (Å²) in [7, 11) is 1.61. The molecule has 4 N–H and O–H groups in total. The van der Waals surface area contributed by atoms with E-state index in [9.17, 15) is 19.7 Å². The first-order chi connectivity index (χ1) is 9.95. The Morgan fingerprint density at radius 3 is 2.71 bits per heavy atom. The number of anilines is 1. The van der Waals surface area contributed by atoms with E-state index in [1.54, 1.807) is 7.05 Å². The summed E-state index contributed by atoms with van der Waals surface area (Å²) in [6.07, 6.45) is 0. The molecule has 0 heterocycles. The van der Waals surface area contributed by atoms with E-state index >= 15 is 0 Å². The van der Waals surface area contributed by atoms with Gasteiger partial charge in [0.25, 0.3) is 11.6 Å². The predicted molar refractivity (Wildman–Crippen MR) is 75.0 cm³/mol. The number of amides is 2. The molecule has 0 fully saturated rings. The molecular formula is C12H16N4O5. The van der Waals surface area contributed by atoms with Crippen LogP contribution in [0.15, 0.2) is 18.2 Å². The largest absolute Gasteiger partial charge is 0.387 e. The van der Waals surface area contributed by atoms with Crippen molar-refractivity contribution in [2.45, 2.75) is 0 Å². The number of hydrogen-bond donors (Lipinski definition) is 3. The maximum Gasteiger partial charge on any atom is 0.270 e. The lowest BCUT2D eigenvalue weighted by atomic mass is 10.1. The molecule has 1 aromatic carbocycles. The lowest BCUT2D eigenvalue weighted by Gasteiger charge is -2.09. The fraction of sp³-hybridized carbons (Fsp3) is 0.333. The molecule has 0 unspecified atom stereocenters. The average Bonchev–Trinajstić information content (AvgIpc) is 2.45. The van der Waals surface area contributed by atoms with Gasteiger partial charge in [-0.25, -0.2) is 0 Å². The second-order valence-electron chi connectivity index (χ2n) is 4.01. The van der Waals surface area contributed by atoms with Gasteiger partial charge >= 0.3 is 0 Å². The van der Waals surface area contributed by atoms with Crippen LogP contribution < -0.4 is 16.4 Å². The third-order valence-electron chi connectivity index (χ3n) is 2.50. The number of nitro benzene ring substituents is 1. The van der Waals surface area contributed by atoms with Gasteiger partial charge in [0, 0.05) is 31.4 Å². The summed E-state index contributed by atoms with van der Waals surface area (Å²) >= 11 is 0. The molecular weight excluding hydrogens is 280 g/mol. The summed E-state index contributed by atoms with van der Waals surface area (Å²) in [5.41, 5.74) is 5.33. The molecule has 21 heavy (non-hydrogen) atoms. The minimum Gasteiger partial charge on any atom is -0.387 e. The highest BCUT2D eigenvalue weighted by molar-refractivity contribution is 6.00. The van der Waals surface area contributed by atoms with E-state index in [0.29, 0.717) is 5.69 Å². The van der Waals surface area contributed by atoms with Crippen molar-refractivity contribution in [3.8, 4) is 0 Å². The van der Waals surface area contributed by atoms with Gasteiger partial charge < -0.3 is 21.1 Å². The van der Waals surface area contributed by atoms with Crippen LogP contribution in [0.2, 0.25) is 0 Å². The van der Waals surface area contributed by atoms with Crippen LogP contribution in [0.5, 0.6) is 0 Å². The minimum absolute atomic E-state index is 0.110. The molecule has 114 valence electrons. The normalized spacial score (nSPS) is 9.95. The zero-order chi connectivity index (χ0) is 15.8. The first kappa shape index (κ1) is 16.4. The molecule has 0 saturated carbocycles. The van der Waals surface area contributed by atoms with E-state index < -0.39 is 16.7 Å². The number of ether oxygens (including phenoxy) is 1. The van der Waals surface area contributed by atoms with Gasteiger partial charge in [-0.05, 0) is 6.07 Å². The highest BCUT2D eigenvalue weighted by atomic mass is 16.6. The number of rotatable bonds is 8. The van der Waals surface area contributed by atoms with Crippen LogP contribution in [-0.2, 0) is 9.53 Å². The van der Waals surface area contributed by atoms with E-state index in [-0.39, 0.29) is 31.0 Å². The first-order valence-corrected chi connectivity index (χ1v) is 6.06. The van der Waals surface area contributed by atoms with Crippen LogP contribution in [-0.4, -0.2) is 43.5 Å². The third-order valence-corrected chi connectivity index (χ3v) is 2.50. The second kappa shape index (κ2) is 7.80. The van der Waals surface area contributed by atoms with Crippen LogP contribution in [0.4, 0.5) is 11.4 Å². The van der Waals surface area contributed by atoms with Gasteiger partial charge in [0.15, 0.2) is 0 Å². The number of nitrogens with zero attached hydrogens (tertiary/aromatic N) is 1. The molecule has 9 heteroatoms. The van der Waals surface area contributed by atoms with Crippen LogP contribution in [0, 0.1) is 10.1 Å². The molecule has 0 aliphatic rings. The Hall–Kier alpha value is -2.68. The van der Waals surface area contributed by atoms with Gasteiger partial charge in [-0.15, -0.1) is 0 Å². The molecule has 1 aromatic rings. The molecule has 0 aliphatic carbocycles. The van der Waals surface area contributed by atoms with Crippen molar-refractivity contribution in [2.24, 2.45) is 5.73 Å². The van der Waals surface area contributed by atoms with Crippen molar-refractivity contribution < 1.29 is 19.2 Å². The molecule has 9 nitrogen and oxygen atoms in total. The predicted octanol–water partition coefficient (Wildman–Crippen LogP) is -0.132. The zero-order valence-electron chi connectivity index (χ0n) is 11.4. The number of hydrogen-bond acceptors (Lipinski definition) is 6. The summed E-state index contributed by atoms with van der Waals surface area (Å²) in [5.74, 6) is -1.08. The average molecular weight is 296 g/mol. The summed E-state index contributed by atoms with van der Waals surface area (Å²) < 4.78 is 4.89. The maximum absolute atomic E-state index is 12.0. The lowest BCUT2D eigenvalue weighted by Crippen LogP contribution is -2.29. The maximum atomic E-state index is 12.0. The number of nitrogens with one attached hydrogen (secondary N) is 2. The van der Waals surface area contributed by atoms with Gasteiger partial charge in [0.2, 0.25) is 5.91 Å². The summed E-state index contributed by atoms with van der Waals surface area (Å²) in [6, 6.07) is 3.95. The number of carbonyl (C=O) groups excluding carboxylic acids is 2. The van der Waals surface area contributed by atoms with Crippen molar-refractivity contribution in [1.29, 1.82) is 0 Å². The highest BCUT2D eigenvalue weighted by Gasteiger charge is 2.15. The van der Waals surface area contributed by atoms with Gasteiger partial charge in [-0.2, -0.15) is 0 Å². The number of benzene rings is 1. The van der Waals surface area contributed by atoms with Crippen LogP contribution in [0.3, 0.4) is 0 Å². The van der Waals surface area contributed by atoms with Crippen LogP contribution >= 0.6 is 0 Å². The van der Waals surface area contributed by atoms with Gasteiger partial charge in [-0.3, -0.25) is 19.7 Å². The molecule has 0 saturated heterocycles. The molecule has 0 radical (unpaired) electrons. The number of non-ortho nitro benzene ring substituents is 1. The van der Waals surface area contributed by atoms with Crippen LogP contribution in [0.25, 0.3) is 0 Å². The molecule has 0 aromatic heterocycles. The lowest BCUT2D eigenvalue weighted by molar-refractivity contribution is -0.384. The van der Waals surface area contributed by atoms with Gasteiger partial charge in [0.1, 0.15) is 6.61 Å². The molecule has 1 rings (SSSR count). The number of nitro groups is 1. The Balaban J connectivity index is 2.65.